The molecule has 1 aliphatic rings. The zero-order chi connectivity index (χ0) is 20.6. The molecule has 0 aliphatic heterocycles. The van der Waals surface area contributed by atoms with Crippen molar-refractivity contribution in [1.82, 2.24) is 9.55 Å². The number of carbonyl (C=O) groups excluding carboxylic acids is 1. The third-order valence-corrected chi connectivity index (χ3v) is 6.21. The standard InChI is InChI=1S/C20H18F3N3O2S/c21-20(22,23)13-7-4-5-8-14(13)25-16(27)10-26-11-24-18-17(19(26)28)12-6-2-1-3-9-15(12)29-18/h4-5,7-8,11H,1-3,6,9-10H2,(H,25,27). The zero-order valence-electron chi connectivity index (χ0n) is 15.4. The van der Waals surface area contributed by atoms with Crippen LogP contribution in [0, 0.1) is 0 Å². The molecule has 3 aromatic rings. The van der Waals surface area contributed by atoms with Gasteiger partial charge in [0.2, 0.25) is 5.91 Å². The first-order chi connectivity index (χ1) is 13.8. The van der Waals surface area contributed by atoms with Gasteiger partial charge in [-0.05, 0) is 43.4 Å². The van der Waals surface area contributed by atoms with Gasteiger partial charge in [0.15, 0.2) is 0 Å². The number of benzene rings is 1. The second-order valence-electron chi connectivity index (χ2n) is 7.01. The van der Waals surface area contributed by atoms with Gasteiger partial charge in [-0.15, -0.1) is 11.3 Å². The molecule has 1 amide bonds. The Bertz CT molecular complexity index is 1130. The van der Waals surface area contributed by atoms with E-state index in [-0.39, 0.29) is 11.2 Å². The van der Waals surface area contributed by atoms with Crippen molar-refractivity contribution in [3.8, 4) is 0 Å². The number of para-hydroxylation sites is 1. The quantitative estimate of drug-likeness (QED) is 0.638. The van der Waals surface area contributed by atoms with Crippen LogP contribution in [-0.2, 0) is 30.4 Å². The van der Waals surface area contributed by atoms with Crippen LogP contribution in [0.2, 0.25) is 0 Å². The number of nitrogens with zero attached hydrogens (tertiary/aromatic N) is 2. The molecule has 4 rings (SSSR count). The van der Waals surface area contributed by atoms with Crippen molar-refractivity contribution in [3.63, 3.8) is 0 Å². The van der Waals surface area contributed by atoms with Crippen LogP contribution in [0.1, 0.15) is 35.3 Å². The Morgan fingerprint density at radius 2 is 1.93 bits per heavy atom. The fourth-order valence-electron chi connectivity index (χ4n) is 3.65. The summed E-state index contributed by atoms with van der Waals surface area (Å²) in [4.78, 5) is 31.5. The van der Waals surface area contributed by atoms with Gasteiger partial charge in [0.05, 0.1) is 23.0 Å². The Balaban J connectivity index is 1.62. The number of amides is 1. The Morgan fingerprint density at radius 1 is 1.17 bits per heavy atom. The number of thiophene rings is 1. The first-order valence-corrected chi connectivity index (χ1v) is 10.1. The van der Waals surface area contributed by atoms with E-state index in [1.165, 1.54) is 40.7 Å². The van der Waals surface area contributed by atoms with Crippen LogP contribution >= 0.6 is 11.3 Å². The molecule has 1 aliphatic carbocycles. The number of rotatable bonds is 3. The molecule has 0 saturated carbocycles. The number of hydrogen-bond donors (Lipinski definition) is 1. The maximum Gasteiger partial charge on any atom is 0.418 e. The highest BCUT2D eigenvalue weighted by Crippen LogP contribution is 2.35. The SMILES string of the molecule is O=C(Cn1cnc2sc3c(c2c1=O)CCCCC3)Nc1ccccc1C(F)(F)F. The van der Waals surface area contributed by atoms with Crippen LogP contribution in [0.5, 0.6) is 0 Å². The van der Waals surface area contributed by atoms with Gasteiger partial charge >= 0.3 is 6.18 Å². The molecule has 152 valence electrons. The van der Waals surface area contributed by atoms with Crippen LogP contribution in [0.3, 0.4) is 0 Å². The number of alkyl halides is 3. The molecule has 0 spiro atoms. The summed E-state index contributed by atoms with van der Waals surface area (Å²) in [6.07, 6.45) is 1.62. The van der Waals surface area contributed by atoms with Gasteiger partial charge in [-0.25, -0.2) is 4.98 Å². The normalized spacial score (nSPS) is 14.4. The molecule has 0 fully saturated rings. The van der Waals surface area contributed by atoms with Gasteiger partial charge in [0.25, 0.3) is 5.56 Å². The van der Waals surface area contributed by atoms with E-state index < -0.39 is 24.2 Å². The van der Waals surface area contributed by atoms with Crippen LogP contribution in [0.4, 0.5) is 18.9 Å². The van der Waals surface area contributed by atoms with E-state index in [9.17, 15) is 22.8 Å². The highest BCUT2D eigenvalue weighted by atomic mass is 32.1. The van der Waals surface area contributed by atoms with E-state index in [4.69, 9.17) is 0 Å². The summed E-state index contributed by atoms with van der Waals surface area (Å²) in [7, 11) is 0. The minimum absolute atomic E-state index is 0.325. The Kier molecular flexibility index (Phi) is 5.16. The minimum Gasteiger partial charge on any atom is -0.324 e. The summed E-state index contributed by atoms with van der Waals surface area (Å²) in [5.41, 5.74) is -0.584. The number of fused-ring (bicyclic) bond motifs is 3. The molecule has 5 nitrogen and oxygen atoms in total. The molecule has 1 N–H and O–H groups in total. The summed E-state index contributed by atoms with van der Waals surface area (Å²) in [6.45, 7) is -0.404. The molecule has 0 unspecified atom stereocenters. The van der Waals surface area contributed by atoms with Gasteiger partial charge in [-0.2, -0.15) is 13.2 Å². The maximum absolute atomic E-state index is 13.1. The van der Waals surface area contributed by atoms with Gasteiger partial charge in [0.1, 0.15) is 11.4 Å². The minimum atomic E-state index is -4.59. The average molecular weight is 421 g/mol. The maximum atomic E-state index is 13.1. The van der Waals surface area contributed by atoms with Crippen molar-refractivity contribution in [2.45, 2.75) is 44.8 Å². The highest BCUT2D eigenvalue weighted by Gasteiger charge is 2.33. The van der Waals surface area contributed by atoms with Crippen LogP contribution < -0.4 is 10.9 Å². The monoisotopic (exact) mass is 421 g/mol. The molecule has 0 radical (unpaired) electrons. The average Bonchev–Trinajstić information content (AvgIpc) is 2.86. The summed E-state index contributed by atoms with van der Waals surface area (Å²) < 4.78 is 40.5. The fraction of sp³-hybridized carbons (Fsp3) is 0.350. The largest absolute Gasteiger partial charge is 0.418 e. The Hall–Kier alpha value is -2.68. The second kappa shape index (κ2) is 7.62. The van der Waals surface area contributed by atoms with Crippen molar-refractivity contribution in [2.24, 2.45) is 0 Å². The van der Waals surface area contributed by atoms with E-state index in [0.29, 0.717) is 10.2 Å². The number of hydrogen-bond acceptors (Lipinski definition) is 4. The van der Waals surface area contributed by atoms with E-state index >= 15 is 0 Å². The molecular weight excluding hydrogens is 403 g/mol. The van der Waals surface area contributed by atoms with Crippen molar-refractivity contribution in [2.75, 3.05) is 5.32 Å². The van der Waals surface area contributed by atoms with Gasteiger partial charge in [-0.3, -0.25) is 14.2 Å². The predicted molar refractivity (Wildman–Crippen MR) is 105 cm³/mol. The molecule has 1 aromatic carbocycles. The van der Waals surface area contributed by atoms with Gasteiger partial charge < -0.3 is 5.32 Å². The molecule has 9 heteroatoms. The van der Waals surface area contributed by atoms with Crippen LogP contribution in [0.15, 0.2) is 35.4 Å². The zero-order valence-corrected chi connectivity index (χ0v) is 16.2. The van der Waals surface area contributed by atoms with Crippen LogP contribution in [-0.4, -0.2) is 15.5 Å². The molecule has 29 heavy (non-hydrogen) atoms. The lowest BCUT2D eigenvalue weighted by molar-refractivity contribution is -0.137. The summed E-state index contributed by atoms with van der Waals surface area (Å²) in [5, 5.41) is 2.80. The lowest BCUT2D eigenvalue weighted by atomic mass is 10.1. The lowest BCUT2D eigenvalue weighted by Gasteiger charge is -2.14. The first kappa shape index (κ1) is 19.6. The molecule has 0 bridgehead atoms. The number of aryl methyl sites for hydroxylation is 2. The number of nitrogens with one attached hydrogen (secondary N) is 1. The molecule has 2 heterocycles. The topological polar surface area (TPSA) is 64.0 Å². The third-order valence-electron chi connectivity index (χ3n) is 5.01. The molecule has 2 aromatic heterocycles. The van der Waals surface area contributed by atoms with Crippen molar-refractivity contribution in [1.29, 1.82) is 0 Å². The van der Waals surface area contributed by atoms with Gasteiger partial charge in [-0.1, -0.05) is 18.6 Å². The van der Waals surface area contributed by atoms with E-state index in [2.05, 4.69) is 10.3 Å². The number of anilines is 1. The fourth-order valence-corrected chi connectivity index (χ4v) is 4.87. The number of halogens is 3. The van der Waals surface area contributed by atoms with Crippen molar-refractivity contribution in [3.05, 3.63) is 57.0 Å². The smallest absolute Gasteiger partial charge is 0.324 e. The Labute approximate surface area is 168 Å². The van der Waals surface area contributed by atoms with E-state index in [1.807, 2.05) is 0 Å². The summed E-state index contributed by atoms with van der Waals surface area (Å²) in [6, 6.07) is 4.74. The number of aromatic nitrogens is 2. The first-order valence-electron chi connectivity index (χ1n) is 9.30. The second-order valence-corrected chi connectivity index (χ2v) is 8.10. The lowest BCUT2D eigenvalue weighted by Crippen LogP contribution is -2.28. The van der Waals surface area contributed by atoms with Crippen molar-refractivity contribution >= 4 is 33.1 Å². The predicted octanol–water partition coefficient (Wildman–Crippen LogP) is 4.38. The highest BCUT2D eigenvalue weighted by molar-refractivity contribution is 7.18. The molecule has 0 saturated heterocycles. The van der Waals surface area contributed by atoms with E-state index in [0.717, 1.165) is 48.3 Å². The van der Waals surface area contributed by atoms with Crippen molar-refractivity contribution < 1.29 is 18.0 Å². The van der Waals surface area contributed by atoms with Gasteiger partial charge in [0, 0.05) is 4.88 Å². The molecular formula is C20H18F3N3O2S. The van der Waals surface area contributed by atoms with Crippen LogP contribution in [0.25, 0.3) is 10.2 Å². The van der Waals surface area contributed by atoms with E-state index in [1.54, 1.807) is 0 Å². The summed E-state index contributed by atoms with van der Waals surface area (Å²) >= 11 is 1.51. The molecule has 0 atom stereocenters. The number of carbonyl (C=O) groups is 1. The summed E-state index contributed by atoms with van der Waals surface area (Å²) in [5.74, 6) is -0.716. The Morgan fingerprint density at radius 3 is 2.72 bits per heavy atom. The third kappa shape index (κ3) is 3.91.